The van der Waals surface area contributed by atoms with Gasteiger partial charge in [-0.1, -0.05) is 20.3 Å². The highest BCUT2D eigenvalue weighted by molar-refractivity contribution is 5.88. The van der Waals surface area contributed by atoms with Crippen molar-refractivity contribution in [2.45, 2.75) is 39.5 Å². The lowest BCUT2D eigenvalue weighted by atomic mass is 10.2. The van der Waals surface area contributed by atoms with E-state index >= 15 is 0 Å². The molecule has 4 rings (SSSR count). The molecule has 0 atom stereocenters. The first-order valence-corrected chi connectivity index (χ1v) is 9.12. The molecule has 0 aliphatic rings. The van der Waals surface area contributed by atoms with Crippen LogP contribution < -0.4 is 4.74 Å². The van der Waals surface area contributed by atoms with Crippen LogP contribution >= 0.6 is 0 Å². The molecule has 0 radical (unpaired) electrons. The molecule has 1 N–H and O–H groups in total. The third-order valence-electron chi connectivity index (χ3n) is 4.29. The standard InChI is InChI=1S/C19H22N6O/c1-3-5-6-16-21-18-15(12-20-23-18)19-22-17(24-25(16)19)13-7-9-14(10-8-13)26-11-4-2/h7-10,12H,3-6,11H2,1-2H3,(H,20,23). The van der Waals surface area contributed by atoms with Crippen LogP contribution in [0.1, 0.15) is 38.9 Å². The van der Waals surface area contributed by atoms with Crippen molar-refractivity contribution in [3.8, 4) is 17.1 Å². The molecule has 26 heavy (non-hydrogen) atoms. The Hall–Kier alpha value is -2.96. The van der Waals surface area contributed by atoms with Crippen LogP contribution in [0.5, 0.6) is 5.75 Å². The van der Waals surface area contributed by atoms with Crippen LogP contribution in [0.3, 0.4) is 0 Å². The van der Waals surface area contributed by atoms with E-state index < -0.39 is 0 Å². The van der Waals surface area contributed by atoms with E-state index in [-0.39, 0.29) is 0 Å². The van der Waals surface area contributed by atoms with Gasteiger partial charge in [0.15, 0.2) is 17.1 Å². The van der Waals surface area contributed by atoms with Gasteiger partial charge in [0, 0.05) is 12.0 Å². The number of aromatic amines is 1. The maximum Gasteiger partial charge on any atom is 0.182 e. The van der Waals surface area contributed by atoms with Crippen LogP contribution in [0, 0.1) is 0 Å². The molecule has 3 heterocycles. The lowest BCUT2D eigenvalue weighted by molar-refractivity contribution is 0.317. The molecule has 3 aromatic heterocycles. The largest absolute Gasteiger partial charge is 0.494 e. The molecule has 0 spiro atoms. The van der Waals surface area contributed by atoms with Crippen LogP contribution in [-0.2, 0) is 6.42 Å². The summed E-state index contributed by atoms with van der Waals surface area (Å²) in [7, 11) is 0. The van der Waals surface area contributed by atoms with Crippen molar-refractivity contribution in [2.24, 2.45) is 0 Å². The molecular formula is C19H22N6O. The van der Waals surface area contributed by atoms with Crippen molar-refractivity contribution < 1.29 is 4.74 Å². The Morgan fingerprint density at radius 1 is 1.08 bits per heavy atom. The van der Waals surface area contributed by atoms with E-state index in [1.54, 1.807) is 6.20 Å². The van der Waals surface area contributed by atoms with Gasteiger partial charge in [-0.2, -0.15) is 9.61 Å². The smallest absolute Gasteiger partial charge is 0.182 e. The number of benzene rings is 1. The van der Waals surface area contributed by atoms with Gasteiger partial charge in [0.05, 0.1) is 18.2 Å². The summed E-state index contributed by atoms with van der Waals surface area (Å²) in [5.41, 5.74) is 2.50. The summed E-state index contributed by atoms with van der Waals surface area (Å²) in [6.45, 7) is 4.98. The lowest BCUT2D eigenvalue weighted by Crippen LogP contribution is -2.03. The fraction of sp³-hybridized carbons (Fsp3) is 0.368. The Morgan fingerprint density at radius 2 is 1.92 bits per heavy atom. The van der Waals surface area contributed by atoms with Crippen molar-refractivity contribution in [1.29, 1.82) is 0 Å². The molecule has 7 nitrogen and oxygen atoms in total. The first kappa shape index (κ1) is 16.5. The van der Waals surface area contributed by atoms with E-state index in [9.17, 15) is 0 Å². The average molecular weight is 350 g/mol. The second kappa shape index (κ2) is 7.11. The molecule has 0 fully saturated rings. The molecular weight excluding hydrogens is 328 g/mol. The molecule has 0 unspecified atom stereocenters. The molecule has 7 heteroatoms. The van der Waals surface area contributed by atoms with Gasteiger partial charge < -0.3 is 4.74 Å². The second-order valence-electron chi connectivity index (χ2n) is 6.31. The van der Waals surface area contributed by atoms with E-state index in [1.807, 2.05) is 28.8 Å². The number of nitrogens with zero attached hydrogens (tertiary/aromatic N) is 5. The highest BCUT2D eigenvalue weighted by Crippen LogP contribution is 2.23. The summed E-state index contributed by atoms with van der Waals surface area (Å²) < 4.78 is 7.50. The first-order valence-electron chi connectivity index (χ1n) is 9.12. The van der Waals surface area contributed by atoms with E-state index in [1.165, 1.54) is 0 Å². The summed E-state index contributed by atoms with van der Waals surface area (Å²) in [6, 6.07) is 7.90. The molecule has 134 valence electrons. The summed E-state index contributed by atoms with van der Waals surface area (Å²) in [5.74, 6) is 2.45. The summed E-state index contributed by atoms with van der Waals surface area (Å²) in [5, 5.41) is 12.7. The quantitative estimate of drug-likeness (QED) is 0.548. The maximum atomic E-state index is 5.65. The zero-order valence-corrected chi connectivity index (χ0v) is 15.1. The molecule has 0 saturated carbocycles. The van der Waals surface area contributed by atoms with Gasteiger partial charge >= 0.3 is 0 Å². The molecule has 4 aromatic rings. The Kier molecular flexibility index (Phi) is 4.51. The van der Waals surface area contributed by atoms with Gasteiger partial charge in [-0.15, -0.1) is 5.10 Å². The van der Waals surface area contributed by atoms with E-state index in [2.05, 4.69) is 29.0 Å². The van der Waals surface area contributed by atoms with Gasteiger partial charge in [-0.25, -0.2) is 9.97 Å². The maximum absolute atomic E-state index is 5.65. The molecule has 0 aliphatic heterocycles. The SMILES string of the molecule is CCCCc1nc2[nH]ncc2c2nc(-c3ccc(OCCC)cc3)nn12. The number of rotatable bonds is 7. The van der Waals surface area contributed by atoms with Gasteiger partial charge in [-0.05, 0) is 37.1 Å². The average Bonchev–Trinajstić information content (AvgIpc) is 3.31. The predicted octanol–water partition coefficient (Wildman–Crippen LogP) is 3.80. The van der Waals surface area contributed by atoms with Crippen LogP contribution in [0.4, 0.5) is 0 Å². The highest BCUT2D eigenvalue weighted by atomic mass is 16.5. The molecule has 0 amide bonds. The van der Waals surface area contributed by atoms with Crippen molar-refractivity contribution in [2.75, 3.05) is 6.61 Å². The molecule has 1 aromatic carbocycles. The molecule has 0 bridgehead atoms. The number of unbranched alkanes of at least 4 members (excludes halogenated alkanes) is 1. The van der Waals surface area contributed by atoms with E-state index in [4.69, 9.17) is 14.8 Å². The number of hydrogen-bond acceptors (Lipinski definition) is 5. The minimum atomic E-state index is 0.681. The topological polar surface area (TPSA) is 81.0 Å². The monoisotopic (exact) mass is 350 g/mol. The van der Waals surface area contributed by atoms with Gasteiger partial charge in [0.25, 0.3) is 0 Å². The molecule has 0 aliphatic carbocycles. The minimum absolute atomic E-state index is 0.681. The first-order chi connectivity index (χ1) is 12.8. The summed E-state index contributed by atoms with van der Waals surface area (Å²) in [6.07, 6.45) is 5.76. The fourth-order valence-corrected chi connectivity index (χ4v) is 2.91. The zero-order valence-electron chi connectivity index (χ0n) is 15.1. The second-order valence-corrected chi connectivity index (χ2v) is 6.31. The number of aromatic nitrogens is 6. The van der Waals surface area contributed by atoms with Crippen LogP contribution in [-0.4, -0.2) is 36.4 Å². The number of nitrogens with one attached hydrogen (secondary N) is 1. The van der Waals surface area contributed by atoms with Crippen LogP contribution in [0.25, 0.3) is 28.1 Å². The molecule has 0 saturated heterocycles. The number of aryl methyl sites for hydroxylation is 1. The number of fused-ring (bicyclic) bond motifs is 3. The minimum Gasteiger partial charge on any atom is -0.494 e. The number of H-pyrrole nitrogens is 1. The summed E-state index contributed by atoms with van der Waals surface area (Å²) in [4.78, 5) is 9.43. The third kappa shape index (κ3) is 3.00. The van der Waals surface area contributed by atoms with Crippen molar-refractivity contribution in [3.63, 3.8) is 0 Å². The fourth-order valence-electron chi connectivity index (χ4n) is 2.91. The van der Waals surface area contributed by atoms with Crippen molar-refractivity contribution in [3.05, 3.63) is 36.3 Å². The number of hydrogen-bond donors (Lipinski definition) is 1. The van der Waals surface area contributed by atoms with Gasteiger partial charge in [-0.3, -0.25) is 5.10 Å². The highest BCUT2D eigenvalue weighted by Gasteiger charge is 2.15. The van der Waals surface area contributed by atoms with Crippen molar-refractivity contribution >= 4 is 16.7 Å². The normalized spacial score (nSPS) is 11.5. The predicted molar refractivity (Wildman–Crippen MR) is 100 cm³/mol. The Balaban J connectivity index is 1.76. The number of ether oxygens (including phenoxy) is 1. The Labute approximate surface area is 151 Å². The van der Waals surface area contributed by atoms with Crippen LogP contribution in [0.15, 0.2) is 30.5 Å². The van der Waals surface area contributed by atoms with Crippen molar-refractivity contribution in [1.82, 2.24) is 29.8 Å². The van der Waals surface area contributed by atoms with Gasteiger partial charge in [0.1, 0.15) is 11.6 Å². The third-order valence-corrected chi connectivity index (χ3v) is 4.29. The van der Waals surface area contributed by atoms with Crippen LogP contribution in [0.2, 0.25) is 0 Å². The Morgan fingerprint density at radius 3 is 2.69 bits per heavy atom. The van der Waals surface area contributed by atoms with E-state index in [0.29, 0.717) is 5.82 Å². The lowest BCUT2D eigenvalue weighted by Gasteiger charge is -2.04. The Bertz CT molecular complexity index is 1020. The van der Waals surface area contributed by atoms with E-state index in [0.717, 1.165) is 66.1 Å². The summed E-state index contributed by atoms with van der Waals surface area (Å²) >= 11 is 0. The van der Waals surface area contributed by atoms with Gasteiger partial charge in [0.2, 0.25) is 0 Å². The zero-order chi connectivity index (χ0) is 17.9.